The molecule has 0 fully saturated rings. The molecular weight excluding hydrogens is 777 g/mol. The molecule has 64 heavy (non-hydrogen) atoms. The Bertz CT molecular complexity index is 3540. The van der Waals surface area contributed by atoms with Crippen molar-refractivity contribution in [1.29, 1.82) is 0 Å². The predicted molar refractivity (Wildman–Crippen MR) is 274 cm³/mol. The zero-order valence-electron chi connectivity index (χ0n) is 36.1. The van der Waals surface area contributed by atoms with E-state index >= 15 is 0 Å². The Morgan fingerprint density at radius 2 is 0.859 bits per heavy atom. The highest BCUT2D eigenvalue weighted by Gasteiger charge is 2.24. The zero-order valence-corrected chi connectivity index (χ0v) is 36.1. The summed E-state index contributed by atoms with van der Waals surface area (Å²) >= 11 is 0. The number of benzene rings is 8. The van der Waals surface area contributed by atoms with Crippen LogP contribution in [0.4, 0.5) is 0 Å². The summed E-state index contributed by atoms with van der Waals surface area (Å²) in [7, 11) is 0. The fraction of sp³-hybridized carbons (Fsp3) is 0.0667. The van der Waals surface area contributed by atoms with E-state index < -0.39 is 0 Å². The molecule has 0 saturated carbocycles. The molecule has 4 N–H and O–H groups in total. The number of fused-ring (bicyclic) bond motifs is 9. The summed E-state index contributed by atoms with van der Waals surface area (Å²) in [5.41, 5.74) is 33.9. The van der Waals surface area contributed by atoms with E-state index in [9.17, 15) is 0 Å². The Hall–Kier alpha value is -8.08. The van der Waals surface area contributed by atoms with Gasteiger partial charge in [-0.15, -0.1) is 0 Å². The number of aryl methyl sites for hydroxylation is 2. The number of nitrogens with zero attached hydrogens (tertiary/aromatic N) is 2. The molecule has 0 radical (unpaired) electrons. The minimum atomic E-state index is 0.938. The Kier molecular flexibility index (Phi) is 9.70. The van der Waals surface area contributed by atoms with Crippen LogP contribution in [0.15, 0.2) is 207 Å². The van der Waals surface area contributed by atoms with Crippen LogP contribution >= 0.6 is 0 Å². The first-order valence-corrected chi connectivity index (χ1v) is 22.2. The summed E-state index contributed by atoms with van der Waals surface area (Å²) < 4.78 is 4.73. The van der Waals surface area contributed by atoms with Crippen LogP contribution in [0, 0.1) is 0 Å². The normalized spacial score (nSPS) is 13.2. The highest BCUT2D eigenvalue weighted by Crippen LogP contribution is 2.45. The Balaban J connectivity index is 1.07. The zero-order chi connectivity index (χ0) is 43.3. The maximum atomic E-state index is 6.43. The maximum absolute atomic E-state index is 6.43. The number of allylic oxidation sites excluding steroid dienone is 6. The summed E-state index contributed by atoms with van der Waals surface area (Å²) in [4.78, 5) is 0. The fourth-order valence-corrected chi connectivity index (χ4v) is 10.0. The first kappa shape index (κ1) is 38.8. The molecule has 1 aliphatic carbocycles. The topological polar surface area (TPSA) is 61.9 Å². The van der Waals surface area contributed by atoms with Crippen LogP contribution in [-0.4, -0.2) is 9.13 Å². The van der Waals surface area contributed by atoms with Crippen molar-refractivity contribution >= 4 is 55.0 Å². The van der Waals surface area contributed by atoms with Crippen LogP contribution in [0.3, 0.4) is 0 Å². The Morgan fingerprint density at radius 1 is 0.453 bits per heavy atom. The number of rotatable bonds is 8. The van der Waals surface area contributed by atoms with Crippen LogP contribution in [-0.2, 0) is 12.8 Å². The van der Waals surface area contributed by atoms with E-state index in [2.05, 4.69) is 204 Å². The molecule has 1 aliphatic rings. The number of hydrogen-bond donors (Lipinski definition) is 2. The van der Waals surface area contributed by atoms with Gasteiger partial charge in [0.2, 0.25) is 0 Å². The van der Waals surface area contributed by atoms with Crippen LogP contribution in [0.25, 0.3) is 111 Å². The second kappa shape index (κ2) is 16.0. The van der Waals surface area contributed by atoms with E-state index in [1.165, 1.54) is 99.3 Å². The molecular formula is C60H48N4. The van der Waals surface area contributed by atoms with Gasteiger partial charge in [-0.3, -0.25) is 0 Å². The van der Waals surface area contributed by atoms with Gasteiger partial charge in [0, 0.05) is 33.4 Å². The van der Waals surface area contributed by atoms with Gasteiger partial charge in [0.05, 0.1) is 27.8 Å². The van der Waals surface area contributed by atoms with Crippen molar-refractivity contribution < 1.29 is 0 Å². The van der Waals surface area contributed by atoms with E-state index in [1.807, 2.05) is 13.0 Å². The highest BCUT2D eigenvalue weighted by atomic mass is 15.0. The second-order valence-corrected chi connectivity index (χ2v) is 16.9. The maximum Gasteiger partial charge on any atom is 0.0613 e. The SMILES string of the molecule is C/C=C\C(=C/N)n1c2ccc(-c3ccc(-c4ccccc4)cc3)cc2c2cc3c(cc21)-c1cc2c(cc1CC3)c1cc(-c3ccc(-c4ccccc4)cc3)ccc1n2/C(C)=C/C=C\N. The van der Waals surface area contributed by atoms with E-state index in [-0.39, 0.29) is 0 Å². The third kappa shape index (κ3) is 6.54. The average molecular weight is 825 g/mol. The molecule has 0 aliphatic heterocycles. The lowest BCUT2D eigenvalue weighted by Crippen LogP contribution is -2.05. The van der Waals surface area contributed by atoms with Crippen LogP contribution in [0.1, 0.15) is 25.0 Å². The van der Waals surface area contributed by atoms with E-state index in [0.717, 1.165) is 35.3 Å². The van der Waals surface area contributed by atoms with Gasteiger partial charge in [-0.1, -0.05) is 127 Å². The Labute approximate surface area is 374 Å². The monoisotopic (exact) mass is 824 g/mol. The highest BCUT2D eigenvalue weighted by molar-refractivity contribution is 6.15. The van der Waals surface area contributed by atoms with Crippen LogP contribution in [0.2, 0.25) is 0 Å². The first-order chi connectivity index (χ1) is 31.5. The molecule has 10 aromatic rings. The van der Waals surface area contributed by atoms with Gasteiger partial charge in [-0.2, -0.15) is 0 Å². The summed E-state index contributed by atoms with van der Waals surface area (Å²) in [5, 5.41) is 4.94. The lowest BCUT2D eigenvalue weighted by molar-refractivity contribution is 0.946. The first-order valence-electron chi connectivity index (χ1n) is 22.2. The Morgan fingerprint density at radius 3 is 1.31 bits per heavy atom. The molecule has 0 atom stereocenters. The van der Waals surface area contributed by atoms with Crippen molar-refractivity contribution in [1.82, 2.24) is 9.13 Å². The number of hydrogen-bond acceptors (Lipinski definition) is 2. The molecule has 0 amide bonds. The second-order valence-electron chi connectivity index (χ2n) is 16.9. The molecule has 0 bridgehead atoms. The van der Waals surface area contributed by atoms with Gasteiger partial charge in [0.25, 0.3) is 0 Å². The van der Waals surface area contributed by atoms with Crippen molar-refractivity contribution in [2.24, 2.45) is 11.5 Å². The molecule has 0 spiro atoms. The van der Waals surface area contributed by atoms with Crippen LogP contribution in [0.5, 0.6) is 0 Å². The van der Waals surface area contributed by atoms with Gasteiger partial charge in [0.1, 0.15) is 0 Å². The fourth-order valence-electron chi connectivity index (χ4n) is 10.0. The molecule has 11 rings (SSSR count). The van der Waals surface area contributed by atoms with Gasteiger partial charge in [-0.05, 0) is 166 Å². The largest absolute Gasteiger partial charge is 0.405 e. The molecule has 0 unspecified atom stereocenters. The molecule has 2 heterocycles. The third-order valence-electron chi connectivity index (χ3n) is 13.2. The number of aromatic nitrogens is 2. The van der Waals surface area contributed by atoms with Crippen molar-refractivity contribution in [2.75, 3.05) is 0 Å². The van der Waals surface area contributed by atoms with Gasteiger partial charge in [0.15, 0.2) is 0 Å². The van der Waals surface area contributed by atoms with E-state index in [1.54, 1.807) is 12.4 Å². The molecule has 2 aromatic heterocycles. The quantitative estimate of drug-likeness (QED) is 0.150. The number of nitrogens with two attached hydrogens (primary N) is 2. The van der Waals surface area contributed by atoms with Crippen molar-refractivity contribution in [3.63, 3.8) is 0 Å². The van der Waals surface area contributed by atoms with Gasteiger partial charge >= 0.3 is 0 Å². The predicted octanol–water partition coefficient (Wildman–Crippen LogP) is 15.0. The molecule has 0 saturated heterocycles. The lowest BCUT2D eigenvalue weighted by Gasteiger charge is -2.21. The van der Waals surface area contributed by atoms with Crippen molar-refractivity contribution in [2.45, 2.75) is 26.7 Å². The lowest BCUT2D eigenvalue weighted by atomic mass is 9.84. The average Bonchev–Trinajstić information content (AvgIpc) is 3.85. The van der Waals surface area contributed by atoms with Gasteiger partial charge < -0.3 is 20.6 Å². The minimum Gasteiger partial charge on any atom is -0.405 e. The van der Waals surface area contributed by atoms with Crippen LogP contribution < -0.4 is 11.5 Å². The smallest absolute Gasteiger partial charge is 0.0613 e. The third-order valence-corrected chi connectivity index (χ3v) is 13.2. The van der Waals surface area contributed by atoms with Crippen molar-refractivity contribution in [3.8, 4) is 55.6 Å². The minimum absolute atomic E-state index is 0.938. The molecule has 8 aromatic carbocycles. The van der Waals surface area contributed by atoms with E-state index in [0.29, 0.717) is 0 Å². The summed E-state index contributed by atoms with van der Waals surface area (Å²) in [6, 6.07) is 62.5. The van der Waals surface area contributed by atoms with E-state index in [4.69, 9.17) is 11.5 Å². The summed E-state index contributed by atoms with van der Waals surface area (Å²) in [6.45, 7) is 4.21. The van der Waals surface area contributed by atoms with Crippen molar-refractivity contribution in [3.05, 3.63) is 218 Å². The van der Waals surface area contributed by atoms with Gasteiger partial charge in [-0.25, -0.2) is 0 Å². The summed E-state index contributed by atoms with van der Waals surface area (Å²) in [6.07, 6.45) is 13.4. The molecule has 4 heteroatoms. The summed E-state index contributed by atoms with van der Waals surface area (Å²) in [5.74, 6) is 0. The molecule has 4 nitrogen and oxygen atoms in total. The molecule has 308 valence electrons. The standard InChI is InChI=1S/C60H48N4/c1-3-11-50(38-62)64-58-30-28-47(45-23-19-43(20-24-45)41-15-8-5-9-16-41)33-54(58)56-35-49-26-25-48-34-55-53-32-46(44-21-17-42(18-22-44)40-13-6-4-7-14-40)27-29-57(53)63(39(2)12-10-31-61)59(55)36-51(48)52(49)37-60(56)64/h3-24,27-38H,25-26,61-62H2,1-2H3/b11-3-,31-10-,39-12+,50-38+.